The van der Waals surface area contributed by atoms with E-state index in [0.29, 0.717) is 48.3 Å². The van der Waals surface area contributed by atoms with E-state index in [4.69, 9.17) is 4.74 Å². The zero-order valence-electron chi connectivity index (χ0n) is 23.3. The van der Waals surface area contributed by atoms with Gasteiger partial charge in [0.1, 0.15) is 5.82 Å². The molecule has 214 valence electrons. The van der Waals surface area contributed by atoms with Gasteiger partial charge in [0, 0.05) is 23.3 Å². The van der Waals surface area contributed by atoms with Crippen molar-refractivity contribution in [3.63, 3.8) is 0 Å². The van der Waals surface area contributed by atoms with E-state index in [1.807, 2.05) is 6.92 Å². The number of aryl methyl sites for hydroxylation is 2. The summed E-state index contributed by atoms with van der Waals surface area (Å²) in [4.78, 5) is 0. The molecule has 3 aromatic rings. The number of hydrogen-bond donors (Lipinski definition) is 0. The van der Waals surface area contributed by atoms with E-state index in [0.717, 1.165) is 19.4 Å². The van der Waals surface area contributed by atoms with Crippen LogP contribution in [0.1, 0.15) is 87.5 Å². The normalized spacial score (nSPS) is 18.2. The summed E-state index contributed by atoms with van der Waals surface area (Å²) < 4.78 is 81.4. The van der Waals surface area contributed by atoms with Gasteiger partial charge >= 0.3 is 0 Å². The van der Waals surface area contributed by atoms with Gasteiger partial charge in [0.05, 0.1) is 6.10 Å². The van der Waals surface area contributed by atoms with E-state index < -0.39 is 29.1 Å². The average Bonchev–Trinajstić information content (AvgIpc) is 3.32. The van der Waals surface area contributed by atoms with Gasteiger partial charge in [-0.25, -0.2) is 22.0 Å². The molecule has 2 atom stereocenters. The van der Waals surface area contributed by atoms with Crippen molar-refractivity contribution in [1.29, 1.82) is 0 Å². The summed E-state index contributed by atoms with van der Waals surface area (Å²) in [6.45, 7) is 4.82. The van der Waals surface area contributed by atoms with Crippen molar-refractivity contribution in [3.8, 4) is 22.3 Å². The van der Waals surface area contributed by atoms with E-state index in [1.54, 1.807) is 18.2 Å². The molecule has 0 spiro atoms. The SMILES string of the molecule is CCCCCC1CCC(CCc2ccc(-c3cc4c(c(F)c3F)-c3c(cc(CCC)c(F)c3F)C4)cc2F)OC1. The van der Waals surface area contributed by atoms with Gasteiger partial charge in [0.15, 0.2) is 23.3 Å². The molecule has 1 aliphatic heterocycles. The zero-order chi connectivity index (χ0) is 28.4. The van der Waals surface area contributed by atoms with Crippen LogP contribution in [-0.4, -0.2) is 12.7 Å². The molecular weight excluding hydrogens is 519 g/mol. The predicted octanol–water partition coefficient (Wildman–Crippen LogP) is 9.88. The molecule has 0 radical (unpaired) electrons. The van der Waals surface area contributed by atoms with Gasteiger partial charge in [-0.2, -0.15) is 0 Å². The third kappa shape index (κ3) is 5.70. The van der Waals surface area contributed by atoms with Crippen molar-refractivity contribution in [3.05, 3.63) is 81.7 Å². The average molecular weight is 557 g/mol. The van der Waals surface area contributed by atoms with Crippen LogP contribution in [0.5, 0.6) is 0 Å². The van der Waals surface area contributed by atoms with Crippen LogP contribution in [0.25, 0.3) is 22.3 Å². The number of unbranched alkanes of at least 4 members (excludes halogenated alkanes) is 2. The fourth-order valence-corrected chi connectivity index (χ4v) is 6.34. The number of hydrogen-bond acceptors (Lipinski definition) is 1. The third-order valence-electron chi connectivity index (χ3n) is 8.58. The first-order chi connectivity index (χ1) is 19.3. The lowest BCUT2D eigenvalue weighted by Crippen LogP contribution is -2.26. The fourth-order valence-electron chi connectivity index (χ4n) is 6.34. The van der Waals surface area contributed by atoms with Gasteiger partial charge in [-0.15, -0.1) is 0 Å². The highest BCUT2D eigenvalue weighted by molar-refractivity contribution is 5.82. The Kier molecular flexibility index (Phi) is 8.94. The van der Waals surface area contributed by atoms with Crippen LogP contribution in [0.4, 0.5) is 22.0 Å². The van der Waals surface area contributed by atoms with Crippen molar-refractivity contribution >= 4 is 0 Å². The number of ether oxygens (including phenoxy) is 1. The largest absolute Gasteiger partial charge is 0.378 e. The summed E-state index contributed by atoms with van der Waals surface area (Å²) in [5.74, 6) is -4.45. The smallest absolute Gasteiger partial charge is 0.167 e. The summed E-state index contributed by atoms with van der Waals surface area (Å²) in [6.07, 6.45) is 9.47. The van der Waals surface area contributed by atoms with Crippen LogP contribution in [0, 0.1) is 35.0 Å². The topological polar surface area (TPSA) is 9.23 Å². The maximum Gasteiger partial charge on any atom is 0.167 e. The van der Waals surface area contributed by atoms with E-state index in [9.17, 15) is 8.78 Å². The van der Waals surface area contributed by atoms with Gasteiger partial charge in [0.2, 0.25) is 0 Å². The minimum Gasteiger partial charge on any atom is -0.378 e. The number of benzene rings is 3. The van der Waals surface area contributed by atoms with Crippen molar-refractivity contribution in [2.45, 2.75) is 90.6 Å². The number of halogens is 5. The molecule has 40 heavy (non-hydrogen) atoms. The summed E-state index contributed by atoms with van der Waals surface area (Å²) in [7, 11) is 0. The van der Waals surface area contributed by atoms with Gasteiger partial charge < -0.3 is 4.74 Å². The molecule has 0 saturated carbocycles. The molecule has 0 amide bonds. The van der Waals surface area contributed by atoms with Crippen molar-refractivity contribution in [2.75, 3.05) is 6.61 Å². The lowest BCUT2D eigenvalue weighted by Gasteiger charge is -2.29. The Morgan fingerprint density at radius 3 is 2.15 bits per heavy atom. The lowest BCUT2D eigenvalue weighted by atomic mass is 9.91. The molecule has 1 saturated heterocycles. The summed E-state index contributed by atoms with van der Waals surface area (Å²) in [5.41, 5.74) is 1.20. The van der Waals surface area contributed by atoms with Crippen molar-refractivity contribution in [2.24, 2.45) is 5.92 Å². The standard InChI is InChI=1S/C34H37F5O/c1-3-5-6-8-20-9-13-26(40-19-20)14-12-21-10-11-22(18-28(21)35)27-17-25-16-24-15-23(7-4-2)31(36)33(38)29(24)30(25)34(39)32(27)37/h10-11,15,17-18,20,26H,3-9,12-14,16,19H2,1-2H3. The van der Waals surface area contributed by atoms with Crippen LogP contribution in [-0.2, 0) is 24.0 Å². The monoisotopic (exact) mass is 556 g/mol. The Labute approximate surface area is 233 Å². The highest BCUT2D eigenvalue weighted by Crippen LogP contribution is 2.45. The second kappa shape index (κ2) is 12.4. The van der Waals surface area contributed by atoms with Gasteiger partial charge in [-0.3, -0.25) is 0 Å². The molecule has 6 heteroatoms. The lowest BCUT2D eigenvalue weighted by molar-refractivity contribution is -0.0220. The molecule has 2 unspecified atom stereocenters. The molecule has 1 heterocycles. The maximum atomic E-state index is 15.3. The summed E-state index contributed by atoms with van der Waals surface area (Å²) in [5, 5.41) is 0. The fraction of sp³-hybridized carbons (Fsp3) is 0.471. The second-order valence-corrected chi connectivity index (χ2v) is 11.5. The number of rotatable bonds is 10. The molecule has 5 rings (SSSR count). The third-order valence-corrected chi connectivity index (χ3v) is 8.58. The summed E-state index contributed by atoms with van der Waals surface area (Å²) >= 11 is 0. The minimum atomic E-state index is -1.24. The highest BCUT2D eigenvalue weighted by atomic mass is 19.2. The first kappa shape index (κ1) is 28.8. The Hall–Kier alpha value is -2.73. The summed E-state index contributed by atoms with van der Waals surface area (Å²) in [6, 6.07) is 7.42. The van der Waals surface area contributed by atoms with Crippen LogP contribution in [0.3, 0.4) is 0 Å². The van der Waals surface area contributed by atoms with Gasteiger partial charge in [0.25, 0.3) is 0 Å². The Morgan fingerprint density at radius 1 is 0.725 bits per heavy atom. The molecule has 3 aromatic carbocycles. The first-order valence-electron chi connectivity index (χ1n) is 14.7. The van der Waals surface area contributed by atoms with Crippen molar-refractivity contribution in [1.82, 2.24) is 0 Å². The molecular formula is C34H37F5O. The molecule has 0 aromatic heterocycles. The van der Waals surface area contributed by atoms with Crippen molar-refractivity contribution < 1.29 is 26.7 Å². The molecule has 1 aliphatic carbocycles. The molecule has 2 aliphatic rings. The van der Waals surface area contributed by atoms with Crippen LogP contribution < -0.4 is 0 Å². The van der Waals surface area contributed by atoms with E-state index in [2.05, 4.69) is 6.92 Å². The maximum absolute atomic E-state index is 15.3. The Morgan fingerprint density at radius 2 is 1.48 bits per heavy atom. The quantitative estimate of drug-likeness (QED) is 0.140. The van der Waals surface area contributed by atoms with Gasteiger partial charge in [-0.1, -0.05) is 57.7 Å². The molecule has 0 bridgehead atoms. The number of fused-ring (bicyclic) bond motifs is 3. The van der Waals surface area contributed by atoms with Crippen LogP contribution in [0.15, 0.2) is 30.3 Å². The second-order valence-electron chi connectivity index (χ2n) is 11.5. The first-order valence-corrected chi connectivity index (χ1v) is 14.7. The van der Waals surface area contributed by atoms with Crippen LogP contribution in [0.2, 0.25) is 0 Å². The van der Waals surface area contributed by atoms with E-state index >= 15 is 13.2 Å². The Bertz CT molecular complexity index is 1370. The minimum absolute atomic E-state index is 0.0890. The predicted molar refractivity (Wildman–Crippen MR) is 149 cm³/mol. The van der Waals surface area contributed by atoms with Crippen LogP contribution >= 0.6 is 0 Å². The molecule has 1 fully saturated rings. The van der Waals surface area contributed by atoms with Gasteiger partial charge in [-0.05, 0) is 90.8 Å². The van der Waals surface area contributed by atoms with E-state index in [1.165, 1.54) is 37.8 Å². The molecule has 0 N–H and O–H groups in total. The van der Waals surface area contributed by atoms with E-state index in [-0.39, 0.29) is 40.3 Å². The zero-order valence-corrected chi connectivity index (χ0v) is 23.3. The highest BCUT2D eigenvalue weighted by Gasteiger charge is 2.32. The molecule has 1 nitrogen and oxygen atoms in total. The Balaban J connectivity index is 1.30.